The number of rotatable bonds is 15. The number of hydrogen-bond donors (Lipinski definition) is 1. The van der Waals surface area contributed by atoms with E-state index in [2.05, 4.69) is 27.7 Å². The van der Waals surface area contributed by atoms with Gasteiger partial charge in [-0.05, 0) is 42.2 Å². The summed E-state index contributed by atoms with van der Waals surface area (Å²) in [5, 5.41) is 11.2. The molecule has 218 valence electrons. The highest BCUT2D eigenvalue weighted by Gasteiger charge is 2.34. The van der Waals surface area contributed by atoms with Crippen LogP contribution in [0.5, 0.6) is 11.5 Å². The first-order valence-electron chi connectivity index (χ1n) is 14.5. The first-order valence-corrected chi connectivity index (χ1v) is 14.5. The van der Waals surface area contributed by atoms with Gasteiger partial charge in [-0.1, -0.05) is 102 Å². The largest absolute Gasteiger partial charge is 0.507 e. The zero-order chi connectivity index (χ0) is 29.8. The minimum absolute atomic E-state index is 0.0278. The molecule has 6 nitrogen and oxygen atoms in total. The molecule has 0 amide bonds. The van der Waals surface area contributed by atoms with Crippen molar-refractivity contribution in [1.82, 2.24) is 0 Å². The van der Waals surface area contributed by atoms with Gasteiger partial charge in [-0.3, -0.25) is 9.59 Å². The number of Topliss-reactive ketones (excluding diaryl/α,β-unsaturated/α-hetero) is 2. The summed E-state index contributed by atoms with van der Waals surface area (Å²) in [7, 11) is 0. The molecule has 41 heavy (non-hydrogen) atoms. The zero-order valence-corrected chi connectivity index (χ0v) is 24.7. The number of phenolic OH excluding ortho intramolecular Hbond substituents is 1. The van der Waals surface area contributed by atoms with Gasteiger partial charge in [0, 0.05) is 16.7 Å². The molecule has 0 fully saturated rings. The van der Waals surface area contributed by atoms with Gasteiger partial charge < -0.3 is 14.6 Å². The number of ether oxygens (including phenoxy) is 2. The fourth-order valence-electron chi connectivity index (χ4n) is 4.44. The average molecular weight is 559 g/mol. The molecule has 1 unspecified atom stereocenters. The Hall–Kier alpha value is -3.93. The standard InChI is InChI=1S/C35H42O6/c1-5-6-7-8-9-13-23-40-34(39)29-18-14-17-28(33(29)38)30(31(36)25-15-11-10-12-16-25)32(37)26-19-21-27(22-20-26)41-24-35(2,3)4/h10-12,14-22,30,38H,5-9,13,23-24H2,1-4H3. The van der Waals surface area contributed by atoms with Gasteiger partial charge in [-0.25, -0.2) is 4.79 Å². The van der Waals surface area contributed by atoms with Crippen LogP contribution in [-0.4, -0.2) is 35.9 Å². The summed E-state index contributed by atoms with van der Waals surface area (Å²) in [6.45, 7) is 9.10. The van der Waals surface area contributed by atoms with E-state index in [0.717, 1.165) is 32.1 Å². The van der Waals surface area contributed by atoms with Gasteiger partial charge in [0.25, 0.3) is 0 Å². The van der Waals surface area contributed by atoms with Crippen LogP contribution in [0.25, 0.3) is 0 Å². The first-order chi connectivity index (χ1) is 19.6. The van der Waals surface area contributed by atoms with Crippen LogP contribution in [-0.2, 0) is 4.74 Å². The van der Waals surface area contributed by atoms with E-state index in [-0.39, 0.29) is 28.7 Å². The molecule has 3 rings (SSSR count). The van der Waals surface area contributed by atoms with Crippen LogP contribution in [0.1, 0.15) is 109 Å². The molecule has 0 spiro atoms. The van der Waals surface area contributed by atoms with Crippen LogP contribution >= 0.6 is 0 Å². The summed E-state index contributed by atoms with van der Waals surface area (Å²) in [6, 6.07) is 19.6. The van der Waals surface area contributed by atoms with Gasteiger partial charge in [0.2, 0.25) is 0 Å². The summed E-state index contributed by atoms with van der Waals surface area (Å²) >= 11 is 0. The highest BCUT2D eigenvalue weighted by molar-refractivity contribution is 6.20. The fraction of sp³-hybridized carbons (Fsp3) is 0.400. The average Bonchev–Trinajstić information content (AvgIpc) is 2.96. The highest BCUT2D eigenvalue weighted by Crippen LogP contribution is 2.35. The second kappa shape index (κ2) is 15.2. The molecule has 0 saturated heterocycles. The molecule has 1 N–H and O–H groups in total. The van der Waals surface area contributed by atoms with Gasteiger partial charge >= 0.3 is 5.97 Å². The van der Waals surface area contributed by atoms with Gasteiger partial charge in [-0.2, -0.15) is 0 Å². The lowest BCUT2D eigenvalue weighted by molar-refractivity contribution is 0.0493. The topological polar surface area (TPSA) is 89.9 Å². The third-order valence-corrected chi connectivity index (χ3v) is 6.72. The van der Waals surface area contributed by atoms with Crippen molar-refractivity contribution in [3.05, 3.63) is 95.1 Å². The predicted octanol–water partition coefficient (Wildman–Crippen LogP) is 8.18. The quantitative estimate of drug-likeness (QED) is 0.0875. The van der Waals surface area contributed by atoms with Crippen molar-refractivity contribution in [3.63, 3.8) is 0 Å². The molecule has 0 aliphatic carbocycles. The van der Waals surface area contributed by atoms with E-state index in [4.69, 9.17) is 9.47 Å². The molecular weight excluding hydrogens is 516 g/mol. The number of unbranched alkanes of at least 4 members (excludes halogenated alkanes) is 5. The van der Waals surface area contributed by atoms with E-state index >= 15 is 0 Å². The lowest BCUT2D eigenvalue weighted by atomic mass is 9.83. The van der Waals surface area contributed by atoms with E-state index in [0.29, 0.717) is 17.9 Å². The molecule has 0 aliphatic heterocycles. The molecule has 0 saturated carbocycles. The normalized spacial score (nSPS) is 12.0. The monoisotopic (exact) mass is 558 g/mol. The van der Waals surface area contributed by atoms with Crippen molar-refractivity contribution in [2.24, 2.45) is 5.41 Å². The maximum atomic E-state index is 13.9. The van der Waals surface area contributed by atoms with Crippen LogP contribution in [0, 0.1) is 5.41 Å². The number of aromatic hydroxyl groups is 1. The molecule has 3 aromatic carbocycles. The van der Waals surface area contributed by atoms with Crippen molar-refractivity contribution in [2.45, 2.75) is 72.1 Å². The number of esters is 1. The smallest absolute Gasteiger partial charge is 0.341 e. The summed E-state index contributed by atoms with van der Waals surface area (Å²) in [5.74, 6) is -2.82. The van der Waals surface area contributed by atoms with Crippen molar-refractivity contribution in [2.75, 3.05) is 13.2 Å². The van der Waals surface area contributed by atoms with Crippen molar-refractivity contribution < 1.29 is 29.0 Å². The van der Waals surface area contributed by atoms with Gasteiger partial charge in [-0.15, -0.1) is 0 Å². The molecule has 0 radical (unpaired) electrons. The van der Waals surface area contributed by atoms with Crippen molar-refractivity contribution in [1.29, 1.82) is 0 Å². The van der Waals surface area contributed by atoms with Crippen LogP contribution in [0.2, 0.25) is 0 Å². The second-order valence-corrected chi connectivity index (χ2v) is 11.5. The number of hydrogen-bond acceptors (Lipinski definition) is 6. The Kier molecular flexibility index (Phi) is 11.7. The van der Waals surface area contributed by atoms with Crippen LogP contribution in [0.4, 0.5) is 0 Å². The summed E-state index contributed by atoms with van der Waals surface area (Å²) in [4.78, 5) is 40.4. The second-order valence-electron chi connectivity index (χ2n) is 11.5. The Labute approximate surface area is 243 Å². The summed E-state index contributed by atoms with van der Waals surface area (Å²) < 4.78 is 11.2. The molecule has 6 heteroatoms. The number of phenols is 1. The predicted molar refractivity (Wildman–Crippen MR) is 161 cm³/mol. The van der Waals surface area contributed by atoms with Gasteiger partial charge in [0.05, 0.1) is 13.2 Å². The molecule has 0 bridgehead atoms. The zero-order valence-electron chi connectivity index (χ0n) is 24.7. The maximum Gasteiger partial charge on any atom is 0.341 e. The summed E-state index contributed by atoms with van der Waals surface area (Å²) in [5.41, 5.74) is 0.577. The van der Waals surface area contributed by atoms with E-state index < -0.39 is 29.2 Å². The molecule has 1 atom stereocenters. The minimum Gasteiger partial charge on any atom is -0.507 e. The summed E-state index contributed by atoms with van der Waals surface area (Å²) in [6.07, 6.45) is 6.29. The molecular formula is C35H42O6. The molecule has 3 aromatic rings. The Balaban J connectivity index is 1.86. The molecule has 0 aliphatic rings. The number of carbonyl (C=O) groups is 3. The number of ketones is 2. The van der Waals surface area contributed by atoms with Crippen molar-refractivity contribution >= 4 is 17.5 Å². The van der Waals surface area contributed by atoms with Gasteiger partial charge in [0.1, 0.15) is 23.0 Å². The Morgan fingerprint density at radius 1 is 0.756 bits per heavy atom. The van der Waals surface area contributed by atoms with E-state index in [1.165, 1.54) is 18.6 Å². The third-order valence-electron chi connectivity index (χ3n) is 6.72. The number of carbonyl (C=O) groups excluding carboxylic acids is 3. The molecule has 0 heterocycles. The molecule has 0 aromatic heterocycles. The fourth-order valence-corrected chi connectivity index (χ4v) is 4.44. The first kappa shape index (κ1) is 31.6. The lowest BCUT2D eigenvalue weighted by Crippen LogP contribution is -2.23. The van der Waals surface area contributed by atoms with Gasteiger partial charge in [0.15, 0.2) is 11.6 Å². The number of benzene rings is 3. The number of para-hydroxylation sites is 1. The Morgan fingerprint density at radius 2 is 1.37 bits per heavy atom. The SMILES string of the molecule is CCCCCCCCOC(=O)c1cccc(C(C(=O)c2ccccc2)C(=O)c2ccc(OCC(C)(C)C)cc2)c1O. The highest BCUT2D eigenvalue weighted by atomic mass is 16.5. The lowest BCUT2D eigenvalue weighted by Gasteiger charge is -2.20. The van der Waals surface area contributed by atoms with E-state index in [9.17, 15) is 19.5 Å². The Bertz CT molecular complexity index is 1290. The van der Waals surface area contributed by atoms with Crippen LogP contribution in [0.15, 0.2) is 72.8 Å². The Morgan fingerprint density at radius 3 is 2.00 bits per heavy atom. The van der Waals surface area contributed by atoms with Crippen LogP contribution in [0.3, 0.4) is 0 Å². The van der Waals surface area contributed by atoms with E-state index in [1.807, 2.05) is 0 Å². The maximum absolute atomic E-state index is 13.9. The third kappa shape index (κ3) is 9.31. The minimum atomic E-state index is -1.36. The van der Waals surface area contributed by atoms with Crippen LogP contribution < -0.4 is 4.74 Å². The van der Waals surface area contributed by atoms with E-state index in [1.54, 1.807) is 60.7 Å². The van der Waals surface area contributed by atoms with Crippen molar-refractivity contribution in [3.8, 4) is 11.5 Å².